The Balaban J connectivity index is 1.74. The number of nitrogens with zero attached hydrogens (tertiary/aromatic N) is 2. The number of amides is 1. The molecule has 0 spiro atoms. The SMILES string of the molecule is O=C1C(=O)N(c2ccc(F)cc2F)C(c2ccccn2)/C1=C(/O)c1ccc2ccccc2c1. The van der Waals surface area contributed by atoms with Gasteiger partial charge in [0.05, 0.1) is 17.0 Å². The third-order valence-electron chi connectivity index (χ3n) is 5.60. The van der Waals surface area contributed by atoms with E-state index in [-0.39, 0.29) is 17.0 Å². The maximum atomic E-state index is 14.7. The van der Waals surface area contributed by atoms with Crippen molar-refractivity contribution in [3.63, 3.8) is 0 Å². The van der Waals surface area contributed by atoms with Crippen LogP contribution in [0.4, 0.5) is 14.5 Å². The van der Waals surface area contributed by atoms with E-state index >= 15 is 0 Å². The summed E-state index contributed by atoms with van der Waals surface area (Å²) in [6.45, 7) is 0. The number of ketones is 1. The maximum Gasteiger partial charge on any atom is 0.300 e. The monoisotopic (exact) mass is 442 g/mol. The van der Waals surface area contributed by atoms with E-state index in [9.17, 15) is 23.5 Å². The van der Waals surface area contributed by atoms with Gasteiger partial charge in [0.15, 0.2) is 0 Å². The van der Waals surface area contributed by atoms with Crippen LogP contribution < -0.4 is 4.90 Å². The van der Waals surface area contributed by atoms with Gasteiger partial charge in [0.2, 0.25) is 0 Å². The van der Waals surface area contributed by atoms with Crippen LogP contribution in [-0.4, -0.2) is 21.8 Å². The molecule has 1 aromatic heterocycles. The highest BCUT2D eigenvalue weighted by atomic mass is 19.1. The van der Waals surface area contributed by atoms with Crippen molar-refractivity contribution in [3.05, 3.63) is 114 Å². The molecule has 4 aromatic rings. The van der Waals surface area contributed by atoms with Crippen LogP contribution in [0, 0.1) is 11.6 Å². The Hall–Kier alpha value is -4.39. The van der Waals surface area contributed by atoms with E-state index in [0.717, 1.165) is 27.8 Å². The number of aliphatic hydroxyl groups excluding tert-OH is 1. The highest BCUT2D eigenvalue weighted by Crippen LogP contribution is 2.42. The van der Waals surface area contributed by atoms with E-state index in [0.29, 0.717) is 11.6 Å². The lowest BCUT2D eigenvalue weighted by molar-refractivity contribution is -0.132. The molecule has 162 valence electrons. The van der Waals surface area contributed by atoms with Crippen LogP contribution in [0.25, 0.3) is 16.5 Å². The van der Waals surface area contributed by atoms with E-state index in [4.69, 9.17) is 0 Å². The van der Waals surface area contributed by atoms with Crippen molar-refractivity contribution in [1.29, 1.82) is 0 Å². The van der Waals surface area contributed by atoms with Gasteiger partial charge in [-0.25, -0.2) is 8.78 Å². The first-order valence-corrected chi connectivity index (χ1v) is 10.1. The third-order valence-corrected chi connectivity index (χ3v) is 5.60. The highest BCUT2D eigenvalue weighted by Gasteiger charge is 2.48. The molecule has 2 heterocycles. The van der Waals surface area contributed by atoms with Crippen LogP contribution in [0.5, 0.6) is 0 Å². The van der Waals surface area contributed by atoms with E-state index in [1.54, 1.807) is 36.4 Å². The first-order chi connectivity index (χ1) is 16.0. The molecular weight excluding hydrogens is 426 g/mol. The molecule has 7 heteroatoms. The molecule has 1 atom stereocenters. The number of aliphatic hydroxyl groups is 1. The zero-order valence-electron chi connectivity index (χ0n) is 17.1. The average molecular weight is 442 g/mol. The molecule has 1 amide bonds. The van der Waals surface area contributed by atoms with Crippen molar-refractivity contribution < 1.29 is 23.5 Å². The molecule has 0 bridgehead atoms. The third kappa shape index (κ3) is 3.43. The van der Waals surface area contributed by atoms with Gasteiger partial charge in [0.1, 0.15) is 23.4 Å². The second-order valence-electron chi connectivity index (χ2n) is 7.58. The molecular formula is C26H16F2N2O3. The lowest BCUT2D eigenvalue weighted by atomic mass is 9.97. The Morgan fingerprint density at radius 1 is 0.879 bits per heavy atom. The molecule has 33 heavy (non-hydrogen) atoms. The van der Waals surface area contributed by atoms with Gasteiger partial charge in [-0.1, -0.05) is 42.5 Å². The Bertz CT molecular complexity index is 1450. The summed E-state index contributed by atoms with van der Waals surface area (Å²) < 4.78 is 28.2. The van der Waals surface area contributed by atoms with Gasteiger partial charge < -0.3 is 5.11 Å². The molecule has 1 N–H and O–H groups in total. The number of carbonyl (C=O) groups is 2. The Kier molecular flexibility index (Phi) is 4.94. The number of pyridine rings is 1. The lowest BCUT2D eigenvalue weighted by Gasteiger charge is -2.25. The average Bonchev–Trinajstić information content (AvgIpc) is 3.09. The summed E-state index contributed by atoms with van der Waals surface area (Å²) in [5, 5.41) is 12.9. The normalized spacial score (nSPS) is 17.6. The Labute approximate surface area is 187 Å². The number of Topliss-reactive ketones (excluding diaryl/α,β-unsaturated/α-hetero) is 1. The predicted octanol–water partition coefficient (Wildman–Crippen LogP) is 5.14. The molecule has 0 radical (unpaired) electrons. The van der Waals surface area contributed by atoms with E-state index < -0.39 is 35.1 Å². The van der Waals surface area contributed by atoms with Crippen molar-refractivity contribution in [2.75, 3.05) is 4.90 Å². The summed E-state index contributed by atoms with van der Waals surface area (Å²) in [6, 6.07) is 19.0. The smallest absolute Gasteiger partial charge is 0.300 e. The van der Waals surface area contributed by atoms with Crippen molar-refractivity contribution in [3.8, 4) is 0 Å². The van der Waals surface area contributed by atoms with Crippen LogP contribution >= 0.6 is 0 Å². The van der Waals surface area contributed by atoms with Crippen molar-refractivity contribution in [2.24, 2.45) is 0 Å². The van der Waals surface area contributed by atoms with Gasteiger partial charge in [-0.2, -0.15) is 0 Å². The van der Waals surface area contributed by atoms with Crippen LogP contribution in [0.1, 0.15) is 17.3 Å². The molecule has 1 fully saturated rings. The first kappa shape index (κ1) is 20.5. The topological polar surface area (TPSA) is 70.5 Å². The van der Waals surface area contributed by atoms with Crippen LogP contribution in [-0.2, 0) is 9.59 Å². The zero-order valence-corrected chi connectivity index (χ0v) is 17.1. The standard InChI is InChI=1S/C26H16F2N2O3/c27-18-10-11-21(19(28)14-18)30-23(20-7-3-4-12-29-20)22(25(32)26(30)33)24(31)17-9-8-15-5-1-2-6-16(15)13-17/h1-14,23,31H/b24-22-. The van der Waals surface area contributed by atoms with Crippen LogP contribution in [0.3, 0.4) is 0 Å². The lowest BCUT2D eigenvalue weighted by Crippen LogP contribution is -2.30. The number of hydrogen-bond acceptors (Lipinski definition) is 4. The molecule has 5 rings (SSSR count). The number of carbonyl (C=O) groups excluding carboxylic acids is 2. The van der Waals surface area contributed by atoms with Gasteiger partial charge in [0, 0.05) is 17.8 Å². The second-order valence-corrected chi connectivity index (χ2v) is 7.58. The number of hydrogen-bond donors (Lipinski definition) is 1. The molecule has 1 unspecified atom stereocenters. The summed E-state index contributed by atoms with van der Waals surface area (Å²) in [5.74, 6) is -4.26. The number of halogens is 2. The van der Waals surface area contributed by atoms with Gasteiger partial charge in [0.25, 0.3) is 11.7 Å². The van der Waals surface area contributed by atoms with E-state index in [2.05, 4.69) is 4.98 Å². The minimum absolute atomic E-state index is 0.224. The van der Waals surface area contributed by atoms with E-state index in [1.165, 1.54) is 6.20 Å². The zero-order chi connectivity index (χ0) is 23.1. The first-order valence-electron chi connectivity index (χ1n) is 10.1. The van der Waals surface area contributed by atoms with Crippen LogP contribution in [0.15, 0.2) is 90.6 Å². The Morgan fingerprint density at radius 2 is 1.64 bits per heavy atom. The molecule has 1 saturated heterocycles. The second kappa shape index (κ2) is 7.94. The highest BCUT2D eigenvalue weighted by molar-refractivity contribution is 6.51. The van der Waals surface area contributed by atoms with Crippen LogP contribution in [0.2, 0.25) is 0 Å². The largest absolute Gasteiger partial charge is 0.507 e. The summed E-state index contributed by atoms with van der Waals surface area (Å²) >= 11 is 0. The number of benzene rings is 3. The molecule has 3 aromatic carbocycles. The summed E-state index contributed by atoms with van der Waals surface area (Å²) in [4.78, 5) is 31.3. The fraction of sp³-hybridized carbons (Fsp3) is 0.0385. The molecule has 0 aliphatic carbocycles. The molecule has 1 aliphatic rings. The van der Waals surface area contributed by atoms with Crippen molar-refractivity contribution in [1.82, 2.24) is 4.98 Å². The van der Waals surface area contributed by atoms with Crippen molar-refractivity contribution >= 4 is 33.9 Å². The van der Waals surface area contributed by atoms with Gasteiger partial charge in [-0.15, -0.1) is 0 Å². The summed E-state index contributed by atoms with van der Waals surface area (Å²) in [5.41, 5.74) is 0.0689. The molecule has 5 nitrogen and oxygen atoms in total. The van der Waals surface area contributed by atoms with Gasteiger partial charge in [-0.05, 0) is 41.1 Å². The molecule has 1 aliphatic heterocycles. The minimum Gasteiger partial charge on any atom is -0.507 e. The number of fused-ring (bicyclic) bond motifs is 1. The Morgan fingerprint density at radius 3 is 2.36 bits per heavy atom. The summed E-state index contributed by atoms with van der Waals surface area (Å²) in [6.07, 6.45) is 1.46. The fourth-order valence-electron chi connectivity index (χ4n) is 4.07. The number of aromatic nitrogens is 1. The number of rotatable bonds is 3. The van der Waals surface area contributed by atoms with Crippen molar-refractivity contribution in [2.45, 2.75) is 6.04 Å². The number of anilines is 1. The van der Waals surface area contributed by atoms with Gasteiger partial charge in [-0.3, -0.25) is 19.5 Å². The summed E-state index contributed by atoms with van der Waals surface area (Å²) in [7, 11) is 0. The van der Waals surface area contributed by atoms with E-state index in [1.807, 2.05) is 24.3 Å². The fourth-order valence-corrected chi connectivity index (χ4v) is 4.07. The van der Waals surface area contributed by atoms with Gasteiger partial charge >= 0.3 is 0 Å². The molecule has 0 saturated carbocycles. The minimum atomic E-state index is -1.20. The quantitative estimate of drug-likeness (QED) is 0.271. The predicted molar refractivity (Wildman–Crippen MR) is 119 cm³/mol. The maximum absolute atomic E-state index is 14.7.